The highest BCUT2D eigenvalue weighted by atomic mass is 15.2. The van der Waals surface area contributed by atoms with E-state index in [2.05, 4.69) is 31.0 Å². The summed E-state index contributed by atoms with van der Waals surface area (Å²) in [6.45, 7) is 10.9. The van der Waals surface area contributed by atoms with Crippen LogP contribution in [0.1, 0.15) is 65.7 Å². The van der Waals surface area contributed by atoms with Crippen molar-refractivity contribution >= 4 is 0 Å². The van der Waals surface area contributed by atoms with Gasteiger partial charge in [-0.25, -0.2) is 0 Å². The van der Waals surface area contributed by atoms with Crippen LogP contribution in [0.25, 0.3) is 0 Å². The summed E-state index contributed by atoms with van der Waals surface area (Å²) in [5.41, 5.74) is 0. The Morgan fingerprint density at radius 1 is 1.05 bits per heavy atom. The fourth-order valence-electron chi connectivity index (χ4n) is 3.81. The van der Waals surface area contributed by atoms with E-state index >= 15 is 0 Å². The average molecular weight is 266 g/mol. The van der Waals surface area contributed by atoms with Crippen LogP contribution in [0, 0.1) is 11.8 Å². The molecule has 1 heterocycles. The third-order valence-corrected chi connectivity index (χ3v) is 5.38. The van der Waals surface area contributed by atoms with E-state index in [1.165, 1.54) is 64.6 Å². The lowest BCUT2D eigenvalue weighted by molar-refractivity contribution is 0.122. The molecule has 112 valence electrons. The maximum atomic E-state index is 3.70. The van der Waals surface area contributed by atoms with Gasteiger partial charge in [0.05, 0.1) is 0 Å². The molecule has 0 aromatic heterocycles. The minimum atomic E-state index is 0.732. The van der Waals surface area contributed by atoms with Gasteiger partial charge in [0.25, 0.3) is 0 Å². The lowest BCUT2D eigenvalue weighted by atomic mass is 9.81. The van der Waals surface area contributed by atoms with Gasteiger partial charge in [0, 0.05) is 25.2 Å². The summed E-state index contributed by atoms with van der Waals surface area (Å²) < 4.78 is 0. The van der Waals surface area contributed by atoms with Crippen LogP contribution in [0.15, 0.2) is 0 Å². The van der Waals surface area contributed by atoms with Crippen LogP contribution < -0.4 is 5.32 Å². The molecule has 0 bridgehead atoms. The summed E-state index contributed by atoms with van der Waals surface area (Å²) in [4.78, 5) is 2.74. The Morgan fingerprint density at radius 2 is 1.79 bits per heavy atom. The Balaban J connectivity index is 1.71. The fraction of sp³-hybridized carbons (Fsp3) is 1.00. The molecule has 1 saturated heterocycles. The molecule has 2 heteroatoms. The van der Waals surface area contributed by atoms with Gasteiger partial charge in [-0.1, -0.05) is 46.0 Å². The molecule has 1 saturated carbocycles. The Bertz CT molecular complexity index is 246. The highest BCUT2D eigenvalue weighted by Crippen LogP contribution is 2.30. The van der Waals surface area contributed by atoms with Gasteiger partial charge in [0.2, 0.25) is 0 Å². The van der Waals surface area contributed by atoms with E-state index in [1.807, 2.05) is 0 Å². The summed E-state index contributed by atoms with van der Waals surface area (Å²) in [6, 6.07) is 1.48. The van der Waals surface area contributed by atoms with Gasteiger partial charge in [-0.05, 0) is 38.1 Å². The van der Waals surface area contributed by atoms with Crippen LogP contribution in [0.2, 0.25) is 0 Å². The Hall–Kier alpha value is -0.0800. The largest absolute Gasteiger partial charge is 0.311 e. The van der Waals surface area contributed by atoms with Crippen molar-refractivity contribution in [3.63, 3.8) is 0 Å². The van der Waals surface area contributed by atoms with Crippen molar-refractivity contribution in [2.45, 2.75) is 77.8 Å². The van der Waals surface area contributed by atoms with Crippen LogP contribution in [-0.4, -0.2) is 36.6 Å². The quantitative estimate of drug-likeness (QED) is 0.817. The van der Waals surface area contributed by atoms with Crippen LogP contribution >= 0.6 is 0 Å². The zero-order valence-corrected chi connectivity index (χ0v) is 13.3. The van der Waals surface area contributed by atoms with Gasteiger partial charge in [-0.3, -0.25) is 4.90 Å². The van der Waals surface area contributed by atoms with Crippen LogP contribution in [0.5, 0.6) is 0 Å². The predicted molar refractivity (Wildman–Crippen MR) is 83.5 cm³/mol. The molecule has 0 amide bonds. The summed E-state index contributed by atoms with van der Waals surface area (Å²) in [7, 11) is 0. The first-order valence-corrected chi connectivity index (χ1v) is 8.66. The lowest BCUT2D eigenvalue weighted by Gasteiger charge is -2.40. The summed E-state index contributed by atoms with van der Waals surface area (Å²) in [6.07, 6.45) is 10.0. The maximum Gasteiger partial charge on any atom is 0.0195 e. The standard InChI is InChI=1S/C17H34N2/c1-4-5-17-13-19(15(3)12-18-17)11-10-16-8-6-14(2)7-9-16/h14-18H,4-13H2,1-3H3. The molecule has 2 nitrogen and oxygen atoms in total. The van der Waals surface area contributed by atoms with Crippen LogP contribution in [-0.2, 0) is 0 Å². The first kappa shape index (κ1) is 15.3. The number of hydrogen-bond acceptors (Lipinski definition) is 2. The van der Waals surface area contributed by atoms with E-state index in [4.69, 9.17) is 0 Å². The van der Waals surface area contributed by atoms with E-state index in [0.717, 1.165) is 23.9 Å². The second kappa shape index (κ2) is 7.64. The average Bonchev–Trinajstić information content (AvgIpc) is 2.41. The lowest BCUT2D eigenvalue weighted by Crippen LogP contribution is -2.55. The number of rotatable bonds is 5. The third kappa shape index (κ3) is 4.75. The van der Waals surface area contributed by atoms with Crippen molar-refractivity contribution in [1.29, 1.82) is 0 Å². The molecule has 0 radical (unpaired) electrons. The van der Waals surface area contributed by atoms with Crippen molar-refractivity contribution in [2.24, 2.45) is 11.8 Å². The molecular formula is C17H34N2. The topological polar surface area (TPSA) is 15.3 Å². The monoisotopic (exact) mass is 266 g/mol. The summed E-state index contributed by atoms with van der Waals surface area (Å²) in [5, 5.41) is 3.70. The zero-order chi connectivity index (χ0) is 13.7. The number of nitrogens with one attached hydrogen (secondary N) is 1. The number of piperazine rings is 1. The molecular weight excluding hydrogens is 232 g/mol. The molecule has 2 atom stereocenters. The molecule has 2 rings (SSSR count). The second-order valence-corrected chi connectivity index (χ2v) is 7.15. The molecule has 0 aromatic rings. The predicted octanol–water partition coefficient (Wildman–Crippen LogP) is 3.67. The van der Waals surface area contributed by atoms with E-state index in [1.54, 1.807) is 0 Å². The molecule has 2 fully saturated rings. The molecule has 1 aliphatic carbocycles. The summed E-state index contributed by atoms with van der Waals surface area (Å²) in [5.74, 6) is 2.01. The van der Waals surface area contributed by atoms with Gasteiger partial charge < -0.3 is 5.32 Å². The van der Waals surface area contributed by atoms with Gasteiger partial charge in [-0.2, -0.15) is 0 Å². The molecule has 0 spiro atoms. The number of hydrogen-bond donors (Lipinski definition) is 1. The number of nitrogens with zero attached hydrogens (tertiary/aromatic N) is 1. The van der Waals surface area contributed by atoms with E-state index in [9.17, 15) is 0 Å². The molecule has 0 aromatic carbocycles. The highest BCUT2D eigenvalue weighted by Gasteiger charge is 2.25. The summed E-state index contributed by atoms with van der Waals surface area (Å²) >= 11 is 0. The Labute approximate surface area is 120 Å². The maximum absolute atomic E-state index is 3.70. The zero-order valence-electron chi connectivity index (χ0n) is 13.3. The molecule has 1 aliphatic heterocycles. The van der Waals surface area contributed by atoms with Gasteiger partial charge in [-0.15, -0.1) is 0 Å². The third-order valence-electron chi connectivity index (χ3n) is 5.38. The minimum Gasteiger partial charge on any atom is -0.311 e. The smallest absolute Gasteiger partial charge is 0.0195 e. The van der Waals surface area contributed by atoms with Crippen molar-refractivity contribution in [3.8, 4) is 0 Å². The van der Waals surface area contributed by atoms with Crippen LogP contribution in [0.4, 0.5) is 0 Å². The first-order chi connectivity index (χ1) is 9.19. The van der Waals surface area contributed by atoms with E-state index < -0.39 is 0 Å². The van der Waals surface area contributed by atoms with E-state index in [-0.39, 0.29) is 0 Å². The first-order valence-electron chi connectivity index (χ1n) is 8.66. The molecule has 1 N–H and O–H groups in total. The molecule has 2 aliphatic rings. The Morgan fingerprint density at radius 3 is 2.47 bits per heavy atom. The Kier molecular flexibility index (Phi) is 6.15. The van der Waals surface area contributed by atoms with Crippen molar-refractivity contribution in [3.05, 3.63) is 0 Å². The minimum absolute atomic E-state index is 0.732. The van der Waals surface area contributed by atoms with E-state index in [0.29, 0.717) is 0 Å². The van der Waals surface area contributed by atoms with Crippen LogP contribution in [0.3, 0.4) is 0 Å². The van der Waals surface area contributed by atoms with Gasteiger partial charge >= 0.3 is 0 Å². The van der Waals surface area contributed by atoms with Gasteiger partial charge in [0.1, 0.15) is 0 Å². The molecule has 19 heavy (non-hydrogen) atoms. The normalized spacial score (nSPS) is 37.4. The highest BCUT2D eigenvalue weighted by molar-refractivity contribution is 4.84. The molecule has 2 unspecified atom stereocenters. The van der Waals surface area contributed by atoms with Crippen molar-refractivity contribution in [2.75, 3.05) is 19.6 Å². The van der Waals surface area contributed by atoms with Crippen molar-refractivity contribution < 1.29 is 0 Å². The second-order valence-electron chi connectivity index (χ2n) is 7.15. The van der Waals surface area contributed by atoms with Gasteiger partial charge in [0.15, 0.2) is 0 Å². The fourth-order valence-corrected chi connectivity index (χ4v) is 3.81. The van der Waals surface area contributed by atoms with Crippen molar-refractivity contribution in [1.82, 2.24) is 10.2 Å². The SMILES string of the molecule is CCCC1CN(CCC2CCC(C)CC2)C(C)CN1.